The molecule has 6 nitrogen and oxygen atoms in total. The van der Waals surface area contributed by atoms with E-state index in [1.165, 1.54) is 7.11 Å². The van der Waals surface area contributed by atoms with Crippen molar-refractivity contribution in [2.75, 3.05) is 7.11 Å². The molecule has 1 aromatic rings. The van der Waals surface area contributed by atoms with Crippen LogP contribution in [0.2, 0.25) is 0 Å². The minimum atomic E-state index is -0.634. The molecule has 0 unspecified atom stereocenters. The van der Waals surface area contributed by atoms with Crippen molar-refractivity contribution < 1.29 is 9.53 Å². The zero-order valence-corrected chi connectivity index (χ0v) is 6.11. The van der Waals surface area contributed by atoms with E-state index in [-0.39, 0.29) is 5.82 Å². The predicted octanol–water partition coefficient (Wildman–Crippen LogP) is -0.638. The van der Waals surface area contributed by atoms with Crippen molar-refractivity contribution in [2.24, 2.45) is 0 Å². The molecule has 11 heavy (non-hydrogen) atoms. The molecule has 1 heterocycles. The Morgan fingerprint density at radius 3 is 2.27 bits per heavy atom. The average Bonchev–Trinajstić information content (AvgIpc) is 2.05. The van der Waals surface area contributed by atoms with Gasteiger partial charge in [0.15, 0.2) is 5.82 Å². The van der Waals surface area contributed by atoms with Crippen LogP contribution >= 0.6 is 0 Å². The Labute approximate surface area is 62.6 Å². The minimum Gasteiger partial charge on any atom is -0.463 e. The summed E-state index contributed by atoms with van der Waals surface area (Å²) >= 11 is 0. The zero-order valence-electron chi connectivity index (χ0n) is 6.11. The van der Waals surface area contributed by atoms with E-state index in [4.69, 9.17) is 0 Å². The quantitative estimate of drug-likeness (QED) is 0.501. The molecule has 58 valence electrons. The maximum Gasteiger partial charge on any atom is 0.379 e. The first-order valence-electron chi connectivity index (χ1n) is 2.86. The molecule has 0 fully saturated rings. The van der Waals surface area contributed by atoms with E-state index in [1.807, 2.05) is 0 Å². The van der Waals surface area contributed by atoms with Gasteiger partial charge in [-0.2, -0.15) is 0 Å². The number of aryl methyl sites for hydroxylation is 1. The number of carbonyl (C=O) groups is 1. The summed E-state index contributed by atoms with van der Waals surface area (Å²) in [7, 11) is 1.24. The Morgan fingerprint density at radius 2 is 1.82 bits per heavy atom. The number of ether oxygens (including phenoxy) is 1. The van der Waals surface area contributed by atoms with E-state index in [9.17, 15) is 4.79 Å². The highest BCUT2D eigenvalue weighted by Crippen LogP contribution is 1.87. The summed E-state index contributed by atoms with van der Waals surface area (Å²) in [5.41, 5.74) is 0. The van der Waals surface area contributed by atoms with Crippen molar-refractivity contribution in [3.63, 3.8) is 0 Å². The summed E-state index contributed by atoms with van der Waals surface area (Å²) in [5.74, 6) is -0.347. The maximum absolute atomic E-state index is 10.7. The first-order valence-corrected chi connectivity index (χ1v) is 2.86. The van der Waals surface area contributed by atoms with Gasteiger partial charge in [-0.05, 0) is 6.92 Å². The monoisotopic (exact) mass is 154 g/mol. The third-order valence-electron chi connectivity index (χ3n) is 0.947. The van der Waals surface area contributed by atoms with Crippen LogP contribution in [0.1, 0.15) is 16.4 Å². The van der Waals surface area contributed by atoms with Crippen molar-refractivity contribution >= 4 is 5.97 Å². The smallest absolute Gasteiger partial charge is 0.379 e. The highest BCUT2D eigenvalue weighted by Gasteiger charge is 2.08. The van der Waals surface area contributed by atoms with Crippen LogP contribution in [0.5, 0.6) is 0 Å². The summed E-state index contributed by atoms with van der Waals surface area (Å²) in [6.07, 6.45) is 0. The van der Waals surface area contributed by atoms with Gasteiger partial charge >= 0.3 is 5.97 Å². The molecule has 1 aromatic heterocycles. The molecule has 0 atom stereocenters. The molecule has 0 aliphatic heterocycles. The molecule has 0 amide bonds. The number of hydrogen-bond acceptors (Lipinski definition) is 6. The molecule has 0 aliphatic rings. The molecule has 6 heteroatoms. The second kappa shape index (κ2) is 3.00. The Balaban J connectivity index is 2.90. The Hall–Kier alpha value is -1.59. The predicted molar refractivity (Wildman–Crippen MR) is 33.7 cm³/mol. The first-order chi connectivity index (χ1) is 5.24. The Morgan fingerprint density at radius 1 is 1.27 bits per heavy atom. The number of hydrogen-bond donors (Lipinski definition) is 0. The van der Waals surface area contributed by atoms with Crippen molar-refractivity contribution in [2.45, 2.75) is 6.92 Å². The number of carbonyl (C=O) groups excluding carboxylic acids is 1. The summed E-state index contributed by atoms with van der Waals surface area (Å²) in [4.78, 5) is 10.7. The molecule has 0 N–H and O–H groups in total. The van der Waals surface area contributed by atoms with E-state index in [1.54, 1.807) is 6.92 Å². The van der Waals surface area contributed by atoms with Crippen molar-refractivity contribution in [3.05, 3.63) is 11.6 Å². The van der Waals surface area contributed by atoms with Gasteiger partial charge in [0.2, 0.25) is 0 Å². The fraction of sp³-hybridized carbons (Fsp3) is 0.400. The van der Waals surface area contributed by atoms with E-state index in [0.29, 0.717) is 5.82 Å². The summed E-state index contributed by atoms with van der Waals surface area (Å²) in [6, 6.07) is 0. The van der Waals surface area contributed by atoms with Crippen molar-refractivity contribution in [1.29, 1.82) is 0 Å². The highest BCUT2D eigenvalue weighted by atomic mass is 16.5. The van der Waals surface area contributed by atoms with E-state index in [0.717, 1.165) is 0 Å². The highest BCUT2D eigenvalue weighted by molar-refractivity contribution is 5.84. The van der Waals surface area contributed by atoms with Crippen LogP contribution in [0.15, 0.2) is 0 Å². The second-order valence-electron chi connectivity index (χ2n) is 1.76. The van der Waals surface area contributed by atoms with Gasteiger partial charge in [-0.15, -0.1) is 20.4 Å². The molecule has 0 saturated carbocycles. The van der Waals surface area contributed by atoms with Gasteiger partial charge in [-0.25, -0.2) is 4.79 Å². The largest absolute Gasteiger partial charge is 0.463 e. The maximum atomic E-state index is 10.7. The molecule has 0 radical (unpaired) electrons. The number of methoxy groups -OCH3 is 1. The third kappa shape index (κ3) is 1.66. The lowest BCUT2D eigenvalue weighted by Crippen LogP contribution is -2.10. The van der Waals surface area contributed by atoms with Gasteiger partial charge < -0.3 is 4.74 Å². The first kappa shape index (κ1) is 7.52. The van der Waals surface area contributed by atoms with Crippen LogP contribution in [-0.4, -0.2) is 33.5 Å². The van der Waals surface area contributed by atoms with Crippen molar-refractivity contribution in [1.82, 2.24) is 20.4 Å². The molecule has 0 aliphatic carbocycles. The van der Waals surface area contributed by atoms with Gasteiger partial charge in [-0.3, -0.25) is 0 Å². The number of esters is 1. The number of aromatic nitrogens is 4. The van der Waals surface area contributed by atoms with Crippen LogP contribution in [0.25, 0.3) is 0 Å². The lowest BCUT2D eigenvalue weighted by molar-refractivity contribution is 0.0583. The molecular formula is C5H6N4O2. The van der Waals surface area contributed by atoms with Gasteiger partial charge in [0.25, 0.3) is 5.82 Å². The SMILES string of the molecule is COC(=O)c1nnc(C)nn1. The lowest BCUT2D eigenvalue weighted by Gasteiger charge is -1.93. The van der Waals surface area contributed by atoms with Crippen LogP contribution in [0.3, 0.4) is 0 Å². The summed E-state index contributed by atoms with van der Waals surface area (Å²) in [5, 5.41) is 13.9. The molecule has 0 aromatic carbocycles. The topological polar surface area (TPSA) is 77.9 Å². The van der Waals surface area contributed by atoms with E-state index in [2.05, 4.69) is 25.1 Å². The molecule has 0 bridgehead atoms. The summed E-state index contributed by atoms with van der Waals surface area (Å²) in [6.45, 7) is 1.63. The van der Waals surface area contributed by atoms with E-state index < -0.39 is 5.97 Å². The van der Waals surface area contributed by atoms with Gasteiger partial charge in [-0.1, -0.05) is 0 Å². The molecule has 0 saturated heterocycles. The average molecular weight is 154 g/mol. The van der Waals surface area contributed by atoms with Crippen molar-refractivity contribution in [3.8, 4) is 0 Å². The lowest BCUT2D eigenvalue weighted by atomic mass is 10.6. The zero-order chi connectivity index (χ0) is 8.27. The van der Waals surface area contributed by atoms with Gasteiger partial charge in [0, 0.05) is 0 Å². The standard InChI is InChI=1S/C5H6N4O2/c1-3-6-8-4(9-7-3)5(10)11-2/h1-2H3. The summed E-state index contributed by atoms with van der Waals surface area (Å²) < 4.78 is 4.33. The molecule has 0 spiro atoms. The Kier molecular flexibility index (Phi) is 2.05. The third-order valence-corrected chi connectivity index (χ3v) is 0.947. The number of nitrogens with zero attached hydrogens (tertiary/aromatic N) is 4. The molecular weight excluding hydrogens is 148 g/mol. The number of rotatable bonds is 1. The van der Waals surface area contributed by atoms with Gasteiger partial charge in [0.05, 0.1) is 7.11 Å². The fourth-order valence-electron chi connectivity index (χ4n) is 0.452. The van der Waals surface area contributed by atoms with Crippen LogP contribution in [0, 0.1) is 6.92 Å². The normalized spacial score (nSPS) is 9.27. The molecule has 1 rings (SSSR count). The fourth-order valence-corrected chi connectivity index (χ4v) is 0.452. The minimum absolute atomic E-state index is 0.127. The van der Waals surface area contributed by atoms with E-state index >= 15 is 0 Å². The van der Waals surface area contributed by atoms with Crippen LogP contribution in [-0.2, 0) is 4.74 Å². The van der Waals surface area contributed by atoms with Gasteiger partial charge in [0.1, 0.15) is 0 Å². The van der Waals surface area contributed by atoms with Crippen LogP contribution in [0.4, 0.5) is 0 Å². The Bertz CT molecular complexity index is 258. The second-order valence-corrected chi connectivity index (χ2v) is 1.76. The van der Waals surface area contributed by atoms with Crippen LogP contribution < -0.4 is 0 Å².